The summed E-state index contributed by atoms with van der Waals surface area (Å²) in [6.45, 7) is 0. The molecule has 0 saturated carbocycles. The van der Waals surface area contributed by atoms with Crippen molar-refractivity contribution in [3.05, 3.63) is 36.0 Å². The number of carboxylic acid groups (broad SMARTS) is 1. The number of hydrogen-bond donors (Lipinski definition) is 1. The molecular formula is C11H10ClNO3. The van der Waals surface area contributed by atoms with Crippen molar-refractivity contribution in [3.8, 4) is 5.75 Å². The Labute approximate surface area is 98.3 Å². The largest absolute Gasteiger partial charge is 0.497 e. The number of hydrogen-bond acceptors (Lipinski definition) is 3. The Morgan fingerprint density at radius 1 is 1.38 bits per heavy atom. The number of rotatable bonds is 2. The molecular weight excluding hydrogens is 230 g/mol. The van der Waals surface area contributed by atoms with Crippen LogP contribution in [0.4, 0.5) is 0 Å². The fraction of sp³-hybridized carbons (Fsp3) is 0.0909. The van der Waals surface area contributed by atoms with Gasteiger partial charge in [0.2, 0.25) is 0 Å². The molecule has 0 aliphatic rings. The van der Waals surface area contributed by atoms with Crippen molar-refractivity contribution >= 4 is 29.3 Å². The van der Waals surface area contributed by atoms with Crippen LogP contribution in [0.25, 0.3) is 10.9 Å². The topological polar surface area (TPSA) is 59.4 Å². The number of nitrogens with zero attached hydrogens (tertiary/aromatic N) is 1. The van der Waals surface area contributed by atoms with E-state index in [0.717, 1.165) is 10.9 Å². The van der Waals surface area contributed by atoms with Gasteiger partial charge in [-0.1, -0.05) is 0 Å². The average molecular weight is 240 g/mol. The molecule has 0 bridgehead atoms. The molecule has 0 saturated heterocycles. The molecule has 4 nitrogen and oxygen atoms in total. The molecule has 0 radical (unpaired) electrons. The van der Waals surface area contributed by atoms with Gasteiger partial charge in [-0.15, -0.1) is 12.4 Å². The summed E-state index contributed by atoms with van der Waals surface area (Å²) in [6.07, 6.45) is 1.34. The fourth-order valence-electron chi connectivity index (χ4n) is 1.35. The van der Waals surface area contributed by atoms with Gasteiger partial charge in [0.1, 0.15) is 5.75 Å². The van der Waals surface area contributed by atoms with Crippen molar-refractivity contribution in [2.24, 2.45) is 0 Å². The van der Waals surface area contributed by atoms with Gasteiger partial charge in [-0.3, -0.25) is 4.98 Å². The van der Waals surface area contributed by atoms with Crippen LogP contribution >= 0.6 is 12.4 Å². The predicted octanol–water partition coefficient (Wildman–Crippen LogP) is 2.36. The standard InChI is InChI=1S/C11H9NO3.ClH/c1-15-9-3-2-7-4-8(11(13)14)6-12-10(7)5-9;/h2-6H,1H3,(H,13,14);1H. The number of fused-ring (bicyclic) bond motifs is 1. The van der Waals surface area contributed by atoms with E-state index in [0.29, 0.717) is 5.75 Å². The van der Waals surface area contributed by atoms with Crippen LogP contribution in [0.3, 0.4) is 0 Å². The molecule has 2 rings (SSSR count). The Bertz CT molecular complexity index is 528. The van der Waals surface area contributed by atoms with Gasteiger partial charge in [0.15, 0.2) is 0 Å². The van der Waals surface area contributed by atoms with E-state index in [2.05, 4.69) is 4.98 Å². The maximum Gasteiger partial charge on any atom is 0.337 e. The van der Waals surface area contributed by atoms with Crippen LogP contribution in [0.5, 0.6) is 5.75 Å². The lowest BCUT2D eigenvalue weighted by Crippen LogP contribution is -1.97. The number of carbonyl (C=O) groups is 1. The minimum atomic E-state index is -0.972. The Kier molecular flexibility index (Phi) is 3.68. The molecule has 84 valence electrons. The third-order valence-corrected chi connectivity index (χ3v) is 2.14. The van der Waals surface area contributed by atoms with Crippen LogP contribution in [-0.4, -0.2) is 23.2 Å². The normalized spacial score (nSPS) is 9.56. The zero-order valence-electron chi connectivity index (χ0n) is 8.51. The average Bonchev–Trinajstić information content (AvgIpc) is 2.27. The minimum absolute atomic E-state index is 0. The molecule has 2 aromatic rings. The molecule has 1 heterocycles. The molecule has 0 aliphatic heterocycles. The molecule has 0 amide bonds. The highest BCUT2D eigenvalue weighted by molar-refractivity contribution is 5.92. The van der Waals surface area contributed by atoms with E-state index < -0.39 is 5.97 Å². The van der Waals surface area contributed by atoms with Crippen molar-refractivity contribution in [1.82, 2.24) is 4.98 Å². The lowest BCUT2D eigenvalue weighted by atomic mass is 10.1. The number of aromatic carboxylic acids is 1. The zero-order chi connectivity index (χ0) is 10.8. The third kappa shape index (κ3) is 2.23. The summed E-state index contributed by atoms with van der Waals surface area (Å²) in [4.78, 5) is 14.8. The number of pyridine rings is 1. The molecule has 0 spiro atoms. The highest BCUT2D eigenvalue weighted by Crippen LogP contribution is 2.19. The van der Waals surface area contributed by atoms with E-state index in [1.54, 1.807) is 31.4 Å². The molecule has 0 atom stereocenters. The molecule has 1 N–H and O–H groups in total. The van der Waals surface area contributed by atoms with E-state index in [9.17, 15) is 4.79 Å². The van der Waals surface area contributed by atoms with E-state index in [1.807, 2.05) is 0 Å². The maximum absolute atomic E-state index is 10.7. The van der Waals surface area contributed by atoms with Crippen molar-refractivity contribution in [2.45, 2.75) is 0 Å². The zero-order valence-corrected chi connectivity index (χ0v) is 9.32. The van der Waals surface area contributed by atoms with Crippen LogP contribution in [0.1, 0.15) is 10.4 Å². The SMILES string of the molecule is COc1ccc2cc(C(=O)O)cnc2c1.Cl. The highest BCUT2D eigenvalue weighted by Gasteiger charge is 2.04. The van der Waals surface area contributed by atoms with Crippen LogP contribution in [0.15, 0.2) is 30.5 Å². The summed E-state index contributed by atoms with van der Waals surface area (Å²) in [5.74, 6) is -0.265. The van der Waals surface area contributed by atoms with E-state index in [4.69, 9.17) is 9.84 Å². The van der Waals surface area contributed by atoms with E-state index in [1.165, 1.54) is 6.20 Å². The van der Waals surface area contributed by atoms with Crippen molar-refractivity contribution in [1.29, 1.82) is 0 Å². The first kappa shape index (κ1) is 12.3. The van der Waals surface area contributed by atoms with Crippen molar-refractivity contribution < 1.29 is 14.6 Å². The van der Waals surface area contributed by atoms with Crippen LogP contribution < -0.4 is 4.74 Å². The predicted molar refractivity (Wildman–Crippen MR) is 62.5 cm³/mol. The smallest absolute Gasteiger partial charge is 0.337 e. The van der Waals surface area contributed by atoms with Crippen molar-refractivity contribution in [2.75, 3.05) is 7.11 Å². The van der Waals surface area contributed by atoms with Gasteiger partial charge in [-0.2, -0.15) is 0 Å². The minimum Gasteiger partial charge on any atom is -0.497 e. The van der Waals surface area contributed by atoms with E-state index >= 15 is 0 Å². The number of carboxylic acids is 1. The summed E-state index contributed by atoms with van der Waals surface area (Å²) in [7, 11) is 1.58. The van der Waals surface area contributed by atoms with Crippen LogP contribution in [0.2, 0.25) is 0 Å². The molecule has 1 aromatic carbocycles. The van der Waals surface area contributed by atoms with Gasteiger partial charge in [0, 0.05) is 17.6 Å². The van der Waals surface area contributed by atoms with Crippen LogP contribution in [0, 0.1) is 0 Å². The Morgan fingerprint density at radius 2 is 2.12 bits per heavy atom. The highest BCUT2D eigenvalue weighted by atomic mass is 35.5. The number of methoxy groups -OCH3 is 1. The molecule has 0 unspecified atom stereocenters. The second kappa shape index (κ2) is 4.81. The fourth-order valence-corrected chi connectivity index (χ4v) is 1.35. The Balaban J connectivity index is 0.00000128. The second-order valence-corrected chi connectivity index (χ2v) is 3.09. The number of halogens is 1. The second-order valence-electron chi connectivity index (χ2n) is 3.09. The lowest BCUT2D eigenvalue weighted by Gasteiger charge is -2.02. The molecule has 0 fully saturated rings. The number of aromatic nitrogens is 1. The van der Waals surface area contributed by atoms with Gasteiger partial charge in [0.25, 0.3) is 0 Å². The molecule has 0 aliphatic carbocycles. The summed E-state index contributed by atoms with van der Waals surface area (Å²) >= 11 is 0. The Hall–Kier alpha value is -1.81. The molecule has 16 heavy (non-hydrogen) atoms. The first-order valence-corrected chi connectivity index (χ1v) is 4.38. The van der Waals surface area contributed by atoms with Gasteiger partial charge in [-0.05, 0) is 18.2 Å². The first-order valence-electron chi connectivity index (χ1n) is 4.38. The summed E-state index contributed by atoms with van der Waals surface area (Å²) in [6, 6.07) is 6.91. The summed E-state index contributed by atoms with van der Waals surface area (Å²) < 4.78 is 5.04. The van der Waals surface area contributed by atoms with Gasteiger partial charge >= 0.3 is 5.97 Å². The summed E-state index contributed by atoms with van der Waals surface area (Å²) in [5.41, 5.74) is 0.909. The molecule has 1 aromatic heterocycles. The first-order chi connectivity index (χ1) is 7.20. The van der Waals surface area contributed by atoms with Gasteiger partial charge in [-0.25, -0.2) is 4.79 Å². The Morgan fingerprint density at radius 3 is 2.75 bits per heavy atom. The monoisotopic (exact) mass is 239 g/mol. The summed E-state index contributed by atoms with van der Waals surface area (Å²) in [5, 5.41) is 9.57. The van der Waals surface area contributed by atoms with E-state index in [-0.39, 0.29) is 18.0 Å². The molecule has 5 heteroatoms. The maximum atomic E-state index is 10.7. The lowest BCUT2D eigenvalue weighted by molar-refractivity contribution is 0.0696. The third-order valence-electron chi connectivity index (χ3n) is 2.14. The quantitative estimate of drug-likeness (QED) is 0.874. The number of benzene rings is 1. The van der Waals surface area contributed by atoms with Crippen LogP contribution in [-0.2, 0) is 0 Å². The van der Waals surface area contributed by atoms with Gasteiger partial charge < -0.3 is 9.84 Å². The van der Waals surface area contributed by atoms with Gasteiger partial charge in [0.05, 0.1) is 18.2 Å². The number of ether oxygens (including phenoxy) is 1. The van der Waals surface area contributed by atoms with Crippen molar-refractivity contribution in [3.63, 3.8) is 0 Å².